The number of nitrogens with zero attached hydrogens (tertiary/aromatic N) is 1. The number of carbonyl (C=O) groups excluding carboxylic acids is 1. The maximum absolute atomic E-state index is 11.8. The average molecular weight is 302 g/mol. The van der Waals surface area contributed by atoms with Crippen molar-refractivity contribution in [2.75, 3.05) is 0 Å². The molecule has 0 fully saturated rings. The SMILES string of the molecule is CCC(C#N)NC(=O)c1ccc(Cl)cc1Br. The summed E-state index contributed by atoms with van der Waals surface area (Å²) in [5.41, 5.74) is 0.470. The van der Waals surface area contributed by atoms with Crippen molar-refractivity contribution < 1.29 is 4.79 Å². The van der Waals surface area contributed by atoms with Crippen molar-refractivity contribution in [3.8, 4) is 6.07 Å². The van der Waals surface area contributed by atoms with E-state index in [1.165, 1.54) is 0 Å². The van der Waals surface area contributed by atoms with E-state index in [4.69, 9.17) is 16.9 Å². The first-order chi connectivity index (χ1) is 7.58. The minimum atomic E-state index is -0.463. The van der Waals surface area contributed by atoms with Crippen LogP contribution in [-0.4, -0.2) is 11.9 Å². The predicted octanol–water partition coefficient (Wildman–Crippen LogP) is 3.13. The van der Waals surface area contributed by atoms with Gasteiger partial charge in [-0.15, -0.1) is 0 Å². The molecule has 0 radical (unpaired) electrons. The van der Waals surface area contributed by atoms with Gasteiger partial charge in [-0.25, -0.2) is 0 Å². The Hall–Kier alpha value is -1.05. The van der Waals surface area contributed by atoms with Crippen molar-refractivity contribution in [3.05, 3.63) is 33.3 Å². The fourth-order valence-electron chi connectivity index (χ4n) is 1.14. The van der Waals surface area contributed by atoms with Crippen LogP contribution in [0.4, 0.5) is 0 Å². The second-order valence-electron chi connectivity index (χ2n) is 3.19. The van der Waals surface area contributed by atoms with Crippen molar-refractivity contribution in [2.45, 2.75) is 19.4 Å². The van der Waals surface area contributed by atoms with Gasteiger partial charge in [-0.05, 0) is 40.5 Å². The van der Waals surface area contributed by atoms with Gasteiger partial charge < -0.3 is 5.32 Å². The summed E-state index contributed by atoms with van der Waals surface area (Å²) < 4.78 is 0.616. The highest BCUT2D eigenvalue weighted by Crippen LogP contribution is 2.21. The Labute approximate surface area is 108 Å². The standard InChI is InChI=1S/C11H10BrClN2O/c1-2-8(6-14)15-11(16)9-4-3-7(13)5-10(9)12/h3-5,8H,2H2,1H3,(H,15,16). The summed E-state index contributed by atoms with van der Waals surface area (Å²) in [5, 5.41) is 11.9. The maximum Gasteiger partial charge on any atom is 0.253 e. The molecule has 0 spiro atoms. The molecule has 5 heteroatoms. The molecule has 0 heterocycles. The third-order valence-electron chi connectivity index (χ3n) is 2.05. The molecule has 1 aromatic rings. The van der Waals surface area contributed by atoms with Crippen LogP contribution < -0.4 is 5.32 Å². The lowest BCUT2D eigenvalue weighted by atomic mass is 10.2. The normalized spacial score (nSPS) is 11.6. The second-order valence-corrected chi connectivity index (χ2v) is 4.48. The Morgan fingerprint density at radius 2 is 2.38 bits per heavy atom. The second kappa shape index (κ2) is 5.88. The van der Waals surface area contributed by atoms with Crippen LogP contribution in [0.3, 0.4) is 0 Å². The molecule has 1 atom stereocenters. The van der Waals surface area contributed by atoms with Crippen LogP contribution >= 0.6 is 27.5 Å². The highest BCUT2D eigenvalue weighted by Gasteiger charge is 2.13. The minimum Gasteiger partial charge on any atom is -0.336 e. The van der Waals surface area contributed by atoms with E-state index in [1.807, 2.05) is 13.0 Å². The van der Waals surface area contributed by atoms with Crippen molar-refractivity contribution in [3.63, 3.8) is 0 Å². The number of amides is 1. The van der Waals surface area contributed by atoms with Crippen LogP contribution in [0.2, 0.25) is 5.02 Å². The highest BCUT2D eigenvalue weighted by molar-refractivity contribution is 9.10. The molecule has 0 saturated heterocycles. The van der Waals surface area contributed by atoms with Crippen molar-refractivity contribution in [2.24, 2.45) is 0 Å². The number of benzene rings is 1. The van der Waals surface area contributed by atoms with Gasteiger partial charge in [0.25, 0.3) is 5.91 Å². The van der Waals surface area contributed by atoms with Crippen molar-refractivity contribution in [1.82, 2.24) is 5.32 Å². The Bertz CT molecular complexity index is 442. The predicted molar refractivity (Wildman–Crippen MR) is 66.3 cm³/mol. The largest absolute Gasteiger partial charge is 0.336 e. The molecule has 1 unspecified atom stereocenters. The molecule has 84 valence electrons. The first kappa shape index (κ1) is 13.0. The molecule has 0 bridgehead atoms. The average Bonchev–Trinajstić information content (AvgIpc) is 2.25. The smallest absolute Gasteiger partial charge is 0.253 e. The van der Waals surface area contributed by atoms with Gasteiger partial charge in [-0.1, -0.05) is 18.5 Å². The van der Waals surface area contributed by atoms with E-state index >= 15 is 0 Å². The fraction of sp³-hybridized carbons (Fsp3) is 0.273. The quantitative estimate of drug-likeness (QED) is 0.932. The van der Waals surface area contributed by atoms with Crippen molar-refractivity contribution in [1.29, 1.82) is 5.26 Å². The molecule has 0 aromatic heterocycles. The summed E-state index contributed by atoms with van der Waals surface area (Å²) in [6.07, 6.45) is 0.577. The van der Waals surface area contributed by atoms with Crippen LogP contribution in [0.5, 0.6) is 0 Å². The van der Waals surface area contributed by atoms with Crippen molar-refractivity contribution >= 4 is 33.4 Å². The van der Waals surface area contributed by atoms with Gasteiger partial charge in [0.1, 0.15) is 6.04 Å². The zero-order valence-corrected chi connectivity index (χ0v) is 11.0. The van der Waals surface area contributed by atoms with Crippen LogP contribution in [-0.2, 0) is 0 Å². The van der Waals surface area contributed by atoms with E-state index in [-0.39, 0.29) is 5.91 Å². The number of carbonyl (C=O) groups is 1. The molecule has 0 aliphatic carbocycles. The first-order valence-corrected chi connectivity index (χ1v) is 5.91. The molecule has 1 N–H and O–H groups in total. The van der Waals surface area contributed by atoms with E-state index < -0.39 is 6.04 Å². The third kappa shape index (κ3) is 3.22. The van der Waals surface area contributed by atoms with Crippen LogP contribution in [0.25, 0.3) is 0 Å². The lowest BCUT2D eigenvalue weighted by Gasteiger charge is -2.10. The Balaban J connectivity index is 2.85. The van der Waals surface area contributed by atoms with E-state index in [1.54, 1.807) is 18.2 Å². The highest BCUT2D eigenvalue weighted by atomic mass is 79.9. The molecular weight excluding hydrogens is 291 g/mol. The molecule has 0 saturated carbocycles. The topological polar surface area (TPSA) is 52.9 Å². The minimum absolute atomic E-state index is 0.281. The fourth-order valence-corrected chi connectivity index (χ4v) is 2.00. The number of hydrogen-bond acceptors (Lipinski definition) is 2. The number of hydrogen-bond donors (Lipinski definition) is 1. The lowest BCUT2D eigenvalue weighted by Crippen LogP contribution is -2.33. The summed E-state index contributed by atoms with van der Waals surface area (Å²) in [4.78, 5) is 11.8. The van der Waals surface area contributed by atoms with Gasteiger partial charge in [0.05, 0.1) is 11.6 Å². The van der Waals surface area contributed by atoms with Crippen LogP contribution in [0.15, 0.2) is 22.7 Å². The summed E-state index contributed by atoms with van der Waals surface area (Å²) in [6.45, 7) is 1.84. The zero-order valence-electron chi connectivity index (χ0n) is 8.63. The summed E-state index contributed by atoms with van der Waals surface area (Å²) in [7, 11) is 0. The Morgan fingerprint density at radius 1 is 1.69 bits per heavy atom. The van der Waals surface area contributed by atoms with E-state index in [0.29, 0.717) is 21.5 Å². The molecular formula is C11H10BrClN2O. The Kier molecular flexibility index (Phi) is 4.78. The molecule has 3 nitrogen and oxygen atoms in total. The van der Waals surface area contributed by atoms with Crippen LogP contribution in [0.1, 0.15) is 23.7 Å². The third-order valence-corrected chi connectivity index (χ3v) is 2.94. The van der Waals surface area contributed by atoms with E-state index in [9.17, 15) is 4.79 Å². The zero-order chi connectivity index (χ0) is 12.1. The van der Waals surface area contributed by atoms with Crippen LogP contribution in [0, 0.1) is 11.3 Å². The maximum atomic E-state index is 11.8. The number of nitriles is 1. The number of halogens is 2. The molecule has 1 amide bonds. The van der Waals surface area contributed by atoms with Gasteiger partial charge >= 0.3 is 0 Å². The summed E-state index contributed by atoms with van der Waals surface area (Å²) >= 11 is 9.02. The van der Waals surface area contributed by atoms with Gasteiger partial charge in [-0.2, -0.15) is 5.26 Å². The van der Waals surface area contributed by atoms with E-state index in [0.717, 1.165) is 0 Å². The monoisotopic (exact) mass is 300 g/mol. The van der Waals surface area contributed by atoms with E-state index in [2.05, 4.69) is 21.2 Å². The molecule has 16 heavy (non-hydrogen) atoms. The van der Waals surface area contributed by atoms with Gasteiger partial charge in [0, 0.05) is 9.50 Å². The summed E-state index contributed by atoms with van der Waals surface area (Å²) in [6, 6.07) is 6.44. The van der Waals surface area contributed by atoms with Gasteiger partial charge in [-0.3, -0.25) is 4.79 Å². The van der Waals surface area contributed by atoms with Gasteiger partial charge in [0.15, 0.2) is 0 Å². The molecule has 1 aromatic carbocycles. The first-order valence-electron chi connectivity index (χ1n) is 4.74. The molecule has 0 aliphatic rings. The molecule has 0 aliphatic heterocycles. The molecule has 1 rings (SSSR count). The lowest BCUT2D eigenvalue weighted by molar-refractivity contribution is 0.0944. The number of rotatable bonds is 3. The number of nitrogens with one attached hydrogen (secondary N) is 1. The summed E-state index contributed by atoms with van der Waals surface area (Å²) in [5.74, 6) is -0.281. The Morgan fingerprint density at radius 3 is 2.88 bits per heavy atom. The van der Waals surface area contributed by atoms with Gasteiger partial charge in [0.2, 0.25) is 0 Å².